The van der Waals surface area contributed by atoms with Crippen LogP contribution in [0.25, 0.3) is 10.8 Å². The maximum atomic E-state index is 13.1. The van der Waals surface area contributed by atoms with Gasteiger partial charge < -0.3 is 19.9 Å². The number of nitrogens with one attached hydrogen (secondary N) is 1. The first-order valence-electron chi connectivity index (χ1n) is 11.3. The quantitative estimate of drug-likeness (QED) is 0.325. The SMILES string of the molecule is COC(CC(=O)O)CC(=O)N[C@@H](C)[C@@H](Cc1ccc(Cl)c(Cl)c1)OC(=O)c1ccc2ccccc2c1. The van der Waals surface area contributed by atoms with E-state index in [1.54, 1.807) is 37.3 Å². The van der Waals surface area contributed by atoms with Gasteiger partial charge in [-0.3, -0.25) is 9.59 Å². The number of amides is 1. The van der Waals surface area contributed by atoms with Gasteiger partial charge in [-0.25, -0.2) is 4.79 Å². The van der Waals surface area contributed by atoms with E-state index in [1.807, 2.05) is 30.3 Å². The molecular weight excluding hydrogens is 505 g/mol. The van der Waals surface area contributed by atoms with E-state index >= 15 is 0 Å². The lowest BCUT2D eigenvalue weighted by molar-refractivity contribution is -0.140. The average Bonchev–Trinajstić information content (AvgIpc) is 2.84. The Morgan fingerprint density at radius 1 is 0.944 bits per heavy atom. The summed E-state index contributed by atoms with van der Waals surface area (Å²) < 4.78 is 11.0. The second-order valence-corrected chi connectivity index (χ2v) is 9.29. The summed E-state index contributed by atoms with van der Waals surface area (Å²) in [6, 6.07) is 17.5. The van der Waals surface area contributed by atoms with Crippen molar-refractivity contribution in [2.45, 2.75) is 44.4 Å². The molecule has 3 aromatic carbocycles. The molecule has 0 bridgehead atoms. The number of ether oxygens (including phenoxy) is 2. The van der Waals surface area contributed by atoms with Gasteiger partial charge in [0.1, 0.15) is 6.10 Å². The summed E-state index contributed by atoms with van der Waals surface area (Å²) in [6.07, 6.45) is -1.71. The van der Waals surface area contributed by atoms with Crippen LogP contribution in [0, 0.1) is 0 Å². The number of carbonyl (C=O) groups is 3. The van der Waals surface area contributed by atoms with Crippen molar-refractivity contribution in [3.05, 3.63) is 81.8 Å². The van der Waals surface area contributed by atoms with Crippen molar-refractivity contribution < 1.29 is 29.0 Å². The highest BCUT2D eigenvalue weighted by molar-refractivity contribution is 6.42. The lowest BCUT2D eigenvalue weighted by atomic mass is 10.0. The maximum absolute atomic E-state index is 13.1. The number of hydrogen-bond acceptors (Lipinski definition) is 5. The van der Waals surface area contributed by atoms with Crippen LogP contribution in [0.1, 0.15) is 35.7 Å². The Labute approximate surface area is 219 Å². The van der Waals surface area contributed by atoms with Gasteiger partial charge >= 0.3 is 11.9 Å². The van der Waals surface area contributed by atoms with E-state index in [0.29, 0.717) is 15.6 Å². The fraction of sp³-hybridized carbons (Fsp3) is 0.296. The van der Waals surface area contributed by atoms with Gasteiger partial charge in [-0.1, -0.05) is 59.6 Å². The van der Waals surface area contributed by atoms with Gasteiger partial charge in [0.2, 0.25) is 5.91 Å². The van der Waals surface area contributed by atoms with Gasteiger partial charge in [0.15, 0.2) is 0 Å². The molecule has 0 saturated carbocycles. The molecule has 2 N–H and O–H groups in total. The van der Waals surface area contributed by atoms with Crippen LogP contribution in [0.4, 0.5) is 0 Å². The number of rotatable bonds is 11. The van der Waals surface area contributed by atoms with Crippen LogP contribution in [-0.2, 0) is 25.5 Å². The third-order valence-corrected chi connectivity index (χ3v) is 6.50. The minimum atomic E-state index is -1.07. The lowest BCUT2D eigenvalue weighted by Gasteiger charge is -2.26. The van der Waals surface area contributed by atoms with E-state index < -0.39 is 36.1 Å². The molecule has 0 aromatic heterocycles. The number of esters is 1. The molecule has 0 aliphatic rings. The molecule has 0 aliphatic heterocycles. The highest BCUT2D eigenvalue weighted by Gasteiger charge is 2.26. The van der Waals surface area contributed by atoms with Crippen molar-refractivity contribution in [2.24, 2.45) is 0 Å². The summed E-state index contributed by atoms with van der Waals surface area (Å²) in [5.41, 5.74) is 1.15. The van der Waals surface area contributed by atoms with Crippen LogP contribution in [0.5, 0.6) is 0 Å². The molecule has 190 valence electrons. The second kappa shape index (κ2) is 12.7. The van der Waals surface area contributed by atoms with Crippen LogP contribution in [0.2, 0.25) is 10.0 Å². The first kappa shape index (κ1) is 27.5. The number of fused-ring (bicyclic) bond motifs is 1. The Morgan fingerprint density at radius 2 is 1.67 bits per heavy atom. The Hall–Kier alpha value is -3.13. The van der Waals surface area contributed by atoms with Gasteiger partial charge in [0.25, 0.3) is 0 Å². The molecule has 0 heterocycles. The summed E-state index contributed by atoms with van der Waals surface area (Å²) in [6.45, 7) is 1.72. The van der Waals surface area contributed by atoms with Crippen LogP contribution >= 0.6 is 23.2 Å². The van der Waals surface area contributed by atoms with Gasteiger partial charge in [-0.2, -0.15) is 0 Å². The molecule has 0 aliphatic carbocycles. The predicted molar refractivity (Wildman–Crippen MR) is 139 cm³/mol. The molecule has 3 aromatic rings. The Kier molecular flexibility index (Phi) is 9.70. The number of halogens is 2. The van der Waals surface area contributed by atoms with E-state index in [9.17, 15) is 14.4 Å². The summed E-state index contributed by atoms with van der Waals surface area (Å²) >= 11 is 12.2. The molecule has 1 amide bonds. The minimum absolute atomic E-state index is 0.148. The standard InChI is InChI=1S/C27H27Cl2NO6/c1-16(30-25(31)14-21(35-2)15-26(32)33)24(12-17-7-10-22(28)23(29)11-17)36-27(34)20-9-8-18-5-3-4-6-19(18)13-20/h3-11,13,16,21,24H,12,14-15H2,1-2H3,(H,30,31)(H,32,33)/t16-,21?,24+/m0/s1. The largest absolute Gasteiger partial charge is 0.481 e. The number of benzene rings is 3. The summed E-state index contributed by atoms with van der Waals surface area (Å²) in [5, 5.41) is 14.4. The zero-order valence-corrected chi connectivity index (χ0v) is 21.4. The Bertz CT molecular complexity index is 1250. The molecule has 3 rings (SSSR count). The van der Waals surface area contributed by atoms with Crippen molar-refractivity contribution in [1.82, 2.24) is 5.32 Å². The number of carboxylic acids is 1. The van der Waals surface area contributed by atoms with Crippen molar-refractivity contribution in [3.8, 4) is 0 Å². The van der Waals surface area contributed by atoms with E-state index in [2.05, 4.69) is 5.32 Å². The van der Waals surface area contributed by atoms with Crippen molar-refractivity contribution >= 4 is 51.8 Å². The first-order valence-corrected chi connectivity index (χ1v) is 12.1. The van der Waals surface area contributed by atoms with Crippen molar-refractivity contribution in [1.29, 1.82) is 0 Å². The maximum Gasteiger partial charge on any atom is 0.338 e. The summed E-state index contributed by atoms with van der Waals surface area (Å²) in [4.78, 5) is 36.7. The van der Waals surface area contributed by atoms with Gasteiger partial charge in [-0.05, 0) is 47.5 Å². The summed E-state index contributed by atoms with van der Waals surface area (Å²) in [7, 11) is 1.35. The molecule has 3 atom stereocenters. The number of carbonyl (C=O) groups excluding carboxylic acids is 2. The smallest absolute Gasteiger partial charge is 0.338 e. The molecule has 36 heavy (non-hydrogen) atoms. The zero-order chi connectivity index (χ0) is 26.2. The second-order valence-electron chi connectivity index (χ2n) is 8.47. The predicted octanol–water partition coefficient (Wildman–Crippen LogP) is 5.30. The number of carboxylic acid groups (broad SMARTS) is 1. The third-order valence-electron chi connectivity index (χ3n) is 5.76. The Morgan fingerprint density at radius 3 is 2.33 bits per heavy atom. The van der Waals surface area contributed by atoms with Gasteiger partial charge in [0, 0.05) is 13.5 Å². The number of aliphatic carboxylic acids is 1. The van der Waals surface area contributed by atoms with Crippen molar-refractivity contribution in [2.75, 3.05) is 7.11 Å². The molecule has 0 fully saturated rings. The number of methoxy groups -OCH3 is 1. The highest BCUT2D eigenvalue weighted by atomic mass is 35.5. The van der Waals surface area contributed by atoms with E-state index in [-0.39, 0.29) is 19.3 Å². The van der Waals surface area contributed by atoms with Crippen LogP contribution in [-0.4, -0.2) is 48.3 Å². The fourth-order valence-corrected chi connectivity index (χ4v) is 4.11. The Balaban J connectivity index is 1.78. The molecule has 0 saturated heterocycles. The summed E-state index contributed by atoms with van der Waals surface area (Å²) in [5.74, 6) is -2.02. The minimum Gasteiger partial charge on any atom is -0.481 e. The monoisotopic (exact) mass is 531 g/mol. The molecule has 1 unspecified atom stereocenters. The van der Waals surface area contributed by atoms with E-state index in [1.165, 1.54) is 7.11 Å². The van der Waals surface area contributed by atoms with Crippen molar-refractivity contribution in [3.63, 3.8) is 0 Å². The lowest BCUT2D eigenvalue weighted by Crippen LogP contribution is -2.45. The molecule has 0 spiro atoms. The third kappa shape index (κ3) is 7.68. The topological polar surface area (TPSA) is 102 Å². The van der Waals surface area contributed by atoms with E-state index in [0.717, 1.165) is 16.3 Å². The van der Waals surface area contributed by atoms with Gasteiger partial charge in [0.05, 0.1) is 40.6 Å². The molecule has 0 radical (unpaired) electrons. The van der Waals surface area contributed by atoms with Gasteiger partial charge in [-0.15, -0.1) is 0 Å². The normalized spacial score (nSPS) is 13.6. The van der Waals surface area contributed by atoms with Crippen LogP contribution in [0.3, 0.4) is 0 Å². The first-order chi connectivity index (χ1) is 17.2. The molecule has 7 nitrogen and oxygen atoms in total. The highest BCUT2D eigenvalue weighted by Crippen LogP contribution is 2.24. The van der Waals surface area contributed by atoms with Crippen LogP contribution < -0.4 is 5.32 Å². The molecular formula is C27H27Cl2NO6. The zero-order valence-electron chi connectivity index (χ0n) is 19.9. The number of hydrogen-bond donors (Lipinski definition) is 2. The fourth-order valence-electron chi connectivity index (χ4n) is 3.79. The average molecular weight is 532 g/mol. The molecule has 9 heteroatoms. The van der Waals surface area contributed by atoms with Crippen LogP contribution in [0.15, 0.2) is 60.7 Å². The van der Waals surface area contributed by atoms with E-state index in [4.69, 9.17) is 37.8 Å².